The third kappa shape index (κ3) is 1.59. The van der Waals surface area contributed by atoms with Crippen molar-refractivity contribution in [1.29, 1.82) is 0 Å². The van der Waals surface area contributed by atoms with Crippen LogP contribution in [0.2, 0.25) is 0 Å². The molecule has 17 heavy (non-hydrogen) atoms. The summed E-state index contributed by atoms with van der Waals surface area (Å²) in [6.07, 6.45) is 0. The highest BCUT2D eigenvalue weighted by molar-refractivity contribution is 6.07. The first-order chi connectivity index (χ1) is 8.28. The number of aryl methyl sites for hydroxylation is 1. The first-order valence-corrected chi connectivity index (χ1v) is 5.73. The molecule has 1 aromatic heterocycles. The Morgan fingerprint density at radius 2 is 1.65 bits per heavy atom. The van der Waals surface area contributed by atoms with Gasteiger partial charge < -0.3 is 4.98 Å². The summed E-state index contributed by atoms with van der Waals surface area (Å²) in [5.41, 5.74) is 4.69. The minimum absolute atomic E-state index is 1.06. The highest BCUT2D eigenvalue weighted by Crippen LogP contribution is 2.26. The summed E-state index contributed by atoms with van der Waals surface area (Å²) in [7, 11) is 0. The van der Waals surface area contributed by atoms with Crippen LogP contribution in [0, 0.1) is 18.8 Å². The topological polar surface area (TPSA) is 15.8 Å². The first-order valence-electron chi connectivity index (χ1n) is 5.73. The second-order valence-corrected chi connectivity index (χ2v) is 4.31. The molecular weight excluding hydrogens is 206 g/mol. The Hall–Kier alpha value is -2.20. The van der Waals surface area contributed by atoms with E-state index in [1.54, 1.807) is 0 Å². The van der Waals surface area contributed by atoms with Crippen LogP contribution in [0.3, 0.4) is 0 Å². The average Bonchev–Trinajstić information content (AvgIpc) is 2.65. The van der Waals surface area contributed by atoms with E-state index in [1.165, 1.54) is 21.9 Å². The summed E-state index contributed by atoms with van der Waals surface area (Å²) < 4.78 is 0. The molecule has 0 aliphatic rings. The molecule has 0 fully saturated rings. The van der Waals surface area contributed by atoms with Crippen LogP contribution in [0.1, 0.15) is 18.1 Å². The Bertz CT molecular complexity index is 766. The number of fused-ring (bicyclic) bond motifs is 3. The van der Waals surface area contributed by atoms with Crippen molar-refractivity contribution in [2.75, 3.05) is 0 Å². The second kappa shape index (κ2) is 3.68. The summed E-state index contributed by atoms with van der Waals surface area (Å²) in [5.74, 6) is 6.01. The maximum atomic E-state index is 3.45. The molecule has 1 N–H and O–H groups in total. The third-order valence-electron chi connectivity index (χ3n) is 3.02. The van der Waals surface area contributed by atoms with Crippen LogP contribution in [0.4, 0.5) is 0 Å². The van der Waals surface area contributed by atoms with Gasteiger partial charge in [-0.1, -0.05) is 24.1 Å². The number of benzene rings is 2. The van der Waals surface area contributed by atoms with Crippen molar-refractivity contribution in [3.63, 3.8) is 0 Å². The molecule has 0 aliphatic carbocycles. The Balaban J connectivity index is 2.37. The molecule has 82 valence electrons. The SMILES string of the molecule is CC#Cc1ccc2c(c1)[nH]c1cc(C)ccc12. The highest BCUT2D eigenvalue weighted by atomic mass is 14.7. The maximum absolute atomic E-state index is 3.45. The first kappa shape index (κ1) is 9.99. The van der Waals surface area contributed by atoms with Crippen LogP contribution in [-0.4, -0.2) is 4.98 Å². The van der Waals surface area contributed by atoms with Gasteiger partial charge in [0, 0.05) is 27.4 Å². The molecule has 0 atom stereocenters. The van der Waals surface area contributed by atoms with Gasteiger partial charge in [-0.3, -0.25) is 0 Å². The van der Waals surface area contributed by atoms with E-state index in [1.807, 2.05) is 6.92 Å². The molecule has 1 heterocycles. The second-order valence-electron chi connectivity index (χ2n) is 4.31. The van der Waals surface area contributed by atoms with Crippen LogP contribution >= 0.6 is 0 Å². The van der Waals surface area contributed by atoms with Gasteiger partial charge in [0.25, 0.3) is 0 Å². The lowest BCUT2D eigenvalue weighted by atomic mass is 10.1. The third-order valence-corrected chi connectivity index (χ3v) is 3.02. The number of aromatic nitrogens is 1. The molecule has 0 unspecified atom stereocenters. The molecule has 0 bridgehead atoms. The molecule has 0 saturated heterocycles. The van der Waals surface area contributed by atoms with Gasteiger partial charge in [-0.05, 0) is 37.6 Å². The monoisotopic (exact) mass is 219 g/mol. The van der Waals surface area contributed by atoms with E-state index in [9.17, 15) is 0 Å². The molecular formula is C16H13N. The van der Waals surface area contributed by atoms with E-state index in [4.69, 9.17) is 0 Å². The molecule has 2 aromatic carbocycles. The zero-order valence-electron chi connectivity index (χ0n) is 9.96. The molecule has 0 radical (unpaired) electrons. The predicted octanol–water partition coefficient (Wildman–Crippen LogP) is 4.00. The largest absolute Gasteiger partial charge is 0.354 e. The summed E-state index contributed by atoms with van der Waals surface area (Å²) in [4.78, 5) is 3.45. The highest BCUT2D eigenvalue weighted by Gasteiger charge is 2.04. The van der Waals surface area contributed by atoms with E-state index in [0.29, 0.717) is 0 Å². The van der Waals surface area contributed by atoms with Crippen molar-refractivity contribution in [2.45, 2.75) is 13.8 Å². The lowest BCUT2D eigenvalue weighted by molar-refractivity contribution is 1.47. The summed E-state index contributed by atoms with van der Waals surface area (Å²) in [5, 5.41) is 2.54. The number of hydrogen-bond donors (Lipinski definition) is 1. The van der Waals surface area contributed by atoms with Crippen LogP contribution in [-0.2, 0) is 0 Å². The van der Waals surface area contributed by atoms with Crippen molar-refractivity contribution in [1.82, 2.24) is 4.98 Å². The van der Waals surface area contributed by atoms with Gasteiger partial charge >= 0.3 is 0 Å². The smallest absolute Gasteiger partial charge is 0.0477 e. The van der Waals surface area contributed by atoms with Gasteiger partial charge in [-0.2, -0.15) is 0 Å². The van der Waals surface area contributed by atoms with Gasteiger partial charge in [-0.25, -0.2) is 0 Å². The fraction of sp³-hybridized carbons (Fsp3) is 0.125. The van der Waals surface area contributed by atoms with Crippen molar-refractivity contribution >= 4 is 21.8 Å². The molecule has 0 aliphatic heterocycles. The van der Waals surface area contributed by atoms with Gasteiger partial charge in [0.15, 0.2) is 0 Å². The molecule has 3 rings (SSSR count). The number of rotatable bonds is 0. The van der Waals surface area contributed by atoms with Crippen LogP contribution in [0.5, 0.6) is 0 Å². The number of aromatic amines is 1. The zero-order valence-corrected chi connectivity index (χ0v) is 9.96. The molecule has 1 nitrogen and oxygen atoms in total. The molecule has 0 spiro atoms. The minimum atomic E-state index is 1.06. The standard InChI is InChI=1S/C16H13N/c1-3-4-12-6-8-14-13-7-5-11(2)9-15(13)17-16(14)10-12/h5-10,17H,1-2H3. The van der Waals surface area contributed by atoms with Gasteiger partial charge in [-0.15, -0.1) is 5.92 Å². The van der Waals surface area contributed by atoms with E-state index in [-0.39, 0.29) is 0 Å². The van der Waals surface area contributed by atoms with Crippen LogP contribution < -0.4 is 0 Å². The Morgan fingerprint density at radius 3 is 2.41 bits per heavy atom. The predicted molar refractivity (Wildman–Crippen MR) is 73.1 cm³/mol. The summed E-state index contributed by atoms with van der Waals surface area (Å²) >= 11 is 0. The number of nitrogens with one attached hydrogen (secondary N) is 1. The average molecular weight is 219 g/mol. The van der Waals surface area contributed by atoms with Crippen molar-refractivity contribution in [3.05, 3.63) is 47.5 Å². The Labute approximate surface area is 100 Å². The normalized spacial score (nSPS) is 10.5. The lowest BCUT2D eigenvalue weighted by Gasteiger charge is -1.93. The molecule has 0 saturated carbocycles. The fourth-order valence-electron chi connectivity index (χ4n) is 2.25. The summed E-state index contributed by atoms with van der Waals surface area (Å²) in [6.45, 7) is 3.97. The molecule has 1 heteroatoms. The Kier molecular flexibility index (Phi) is 2.16. The Morgan fingerprint density at radius 1 is 0.941 bits per heavy atom. The molecule has 0 amide bonds. The van der Waals surface area contributed by atoms with Gasteiger partial charge in [0.2, 0.25) is 0 Å². The van der Waals surface area contributed by atoms with Crippen LogP contribution in [0.25, 0.3) is 21.8 Å². The minimum Gasteiger partial charge on any atom is -0.354 e. The van der Waals surface area contributed by atoms with Crippen molar-refractivity contribution in [2.24, 2.45) is 0 Å². The lowest BCUT2D eigenvalue weighted by Crippen LogP contribution is -1.73. The van der Waals surface area contributed by atoms with Crippen molar-refractivity contribution in [3.8, 4) is 11.8 Å². The maximum Gasteiger partial charge on any atom is 0.0477 e. The van der Waals surface area contributed by atoms with E-state index < -0.39 is 0 Å². The van der Waals surface area contributed by atoms with Crippen LogP contribution in [0.15, 0.2) is 36.4 Å². The summed E-state index contributed by atoms with van der Waals surface area (Å²) in [6, 6.07) is 12.8. The van der Waals surface area contributed by atoms with Crippen molar-refractivity contribution < 1.29 is 0 Å². The van der Waals surface area contributed by atoms with Gasteiger partial charge in [0.1, 0.15) is 0 Å². The fourth-order valence-corrected chi connectivity index (χ4v) is 2.25. The van der Waals surface area contributed by atoms with E-state index in [0.717, 1.165) is 11.1 Å². The zero-order chi connectivity index (χ0) is 11.8. The quantitative estimate of drug-likeness (QED) is 0.550. The van der Waals surface area contributed by atoms with Gasteiger partial charge in [0.05, 0.1) is 0 Å². The number of H-pyrrole nitrogens is 1. The van der Waals surface area contributed by atoms with E-state index >= 15 is 0 Å². The number of hydrogen-bond acceptors (Lipinski definition) is 0. The van der Waals surface area contributed by atoms with E-state index in [2.05, 4.69) is 60.1 Å². The molecule has 3 aromatic rings.